The van der Waals surface area contributed by atoms with Crippen LogP contribution in [0.1, 0.15) is 31.7 Å². The van der Waals surface area contributed by atoms with Crippen molar-refractivity contribution in [3.63, 3.8) is 0 Å². The number of amides is 1. The van der Waals surface area contributed by atoms with Crippen molar-refractivity contribution in [2.45, 2.75) is 38.6 Å². The minimum absolute atomic E-state index is 0.00535. The van der Waals surface area contributed by atoms with Gasteiger partial charge in [0.1, 0.15) is 0 Å². The minimum atomic E-state index is -3.29. The summed E-state index contributed by atoms with van der Waals surface area (Å²) in [4.78, 5) is 16.6. The first-order valence-electron chi connectivity index (χ1n) is 10.1. The third-order valence-electron chi connectivity index (χ3n) is 5.73. The van der Waals surface area contributed by atoms with Crippen molar-refractivity contribution in [1.82, 2.24) is 14.1 Å². The zero-order valence-electron chi connectivity index (χ0n) is 16.5. The quantitative estimate of drug-likeness (QED) is 0.638. The molecule has 0 bridgehead atoms. The lowest BCUT2D eigenvalue weighted by atomic mass is 10.1. The molecule has 2 fully saturated rings. The molecule has 0 saturated carbocycles. The van der Waals surface area contributed by atoms with E-state index in [1.54, 1.807) is 22.2 Å². The number of sulfonamides is 1. The Balaban J connectivity index is 1.56. The van der Waals surface area contributed by atoms with Crippen molar-refractivity contribution in [3.05, 3.63) is 34.9 Å². The summed E-state index contributed by atoms with van der Waals surface area (Å²) in [7, 11) is -3.29. The number of benzene rings is 1. The van der Waals surface area contributed by atoms with Gasteiger partial charge in [-0.05, 0) is 44.5 Å². The summed E-state index contributed by atoms with van der Waals surface area (Å²) in [6, 6.07) is 7.21. The number of rotatable bonds is 8. The van der Waals surface area contributed by atoms with Gasteiger partial charge in [-0.15, -0.1) is 0 Å². The minimum Gasteiger partial charge on any atom is -0.339 e. The average Bonchev–Trinajstić information content (AvgIpc) is 2.65. The van der Waals surface area contributed by atoms with Crippen LogP contribution in [-0.2, 0) is 21.2 Å². The van der Waals surface area contributed by atoms with E-state index in [1.807, 2.05) is 18.2 Å². The molecule has 2 heterocycles. The number of hydrogen-bond donors (Lipinski definition) is 0. The van der Waals surface area contributed by atoms with E-state index in [1.165, 1.54) is 19.3 Å². The normalized spacial score (nSPS) is 19.0. The van der Waals surface area contributed by atoms with Gasteiger partial charge in [-0.1, -0.05) is 36.2 Å². The molecule has 3 rings (SSSR count). The molecule has 2 aliphatic heterocycles. The maximum Gasteiger partial charge on any atom is 0.227 e. The average molecular weight is 428 g/mol. The molecule has 1 aromatic carbocycles. The fraction of sp³-hybridized carbons (Fsp3) is 0.650. The van der Waals surface area contributed by atoms with Crippen molar-refractivity contribution < 1.29 is 13.2 Å². The van der Waals surface area contributed by atoms with Crippen LogP contribution in [0.3, 0.4) is 0 Å². The largest absolute Gasteiger partial charge is 0.339 e. The van der Waals surface area contributed by atoms with Crippen molar-refractivity contribution in [2.75, 3.05) is 45.0 Å². The Morgan fingerprint density at radius 1 is 1.18 bits per heavy atom. The highest BCUT2D eigenvalue weighted by atomic mass is 35.5. The van der Waals surface area contributed by atoms with Gasteiger partial charge in [0.05, 0.1) is 18.2 Å². The fourth-order valence-corrected chi connectivity index (χ4v) is 5.38. The monoisotopic (exact) mass is 427 g/mol. The molecule has 0 spiro atoms. The topological polar surface area (TPSA) is 60.9 Å². The molecule has 0 aliphatic carbocycles. The van der Waals surface area contributed by atoms with E-state index in [4.69, 9.17) is 11.6 Å². The molecule has 2 aliphatic rings. The molecule has 2 saturated heterocycles. The second-order valence-corrected chi connectivity index (χ2v) is 10.3. The number of hydrogen-bond acceptors (Lipinski definition) is 4. The van der Waals surface area contributed by atoms with Gasteiger partial charge in [0.2, 0.25) is 15.9 Å². The third kappa shape index (κ3) is 5.26. The Labute approximate surface area is 173 Å². The van der Waals surface area contributed by atoms with Crippen LogP contribution in [0.4, 0.5) is 0 Å². The first-order chi connectivity index (χ1) is 13.4. The van der Waals surface area contributed by atoms with Gasteiger partial charge >= 0.3 is 0 Å². The van der Waals surface area contributed by atoms with Crippen LogP contribution in [0.25, 0.3) is 0 Å². The van der Waals surface area contributed by atoms with Gasteiger partial charge in [-0.2, -0.15) is 4.31 Å². The molecule has 0 radical (unpaired) electrons. The number of carbonyl (C=O) groups is 1. The number of halogens is 1. The van der Waals surface area contributed by atoms with Crippen LogP contribution in [-0.4, -0.2) is 79.5 Å². The van der Waals surface area contributed by atoms with Crippen LogP contribution in [0.5, 0.6) is 0 Å². The summed E-state index contributed by atoms with van der Waals surface area (Å²) in [5.41, 5.74) is 0.806. The van der Waals surface area contributed by atoms with Crippen molar-refractivity contribution in [1.29, 1.82) is 0 Å². The smallest absolute Gasteiger partial charge is 0.227 e. The van der Waals surface area contributed by atoms with Crippen molar-refractivity contribution in [3.8, 4) is 0 Å². The van der Waals surface area contributed by atoms with Gasteiger partial charge in [0, 0.05) is 31.2 Å². The molecule has 1 aromatic rings. The summed E-state index contributed by atoms with van der Waals surface area (Å²) in [5, 5.41) is 0.588. The van der Waals surface area contributed by atoms with Crippen LogP contribution in [0.15, 0.2) is 24.3 Å². The van der Waals surface area contributed by atoms with Crippen LogP contribution >= 0.6 is 11.6 Å². The number of likely N-dealkylation sites (tertiary alicyclic amines) is 2. The van der Waals surface area contributed by atoms with E-state index in [0.29, 0.717) is 24.7 Å². The molecule has 0 atom stereocenters. The van der Waals surface area contributed by atoms with E-state index in [-0.39, 0.29) is 24.1 Å². The molecule has 0 N–H and O–H groups in total. The van der Waals surface area contributed by atoms with E-state index in [2.05, 4.69) is 4.90 Å². The Hall–Kier alpha value is -1.15. The standard InChI is InChI=1S/C20H30ClN3O3S/c1-2-28(26,27)24(13-12-22-10-6-3-7-11-22)18-15-23(16-18)20(25)14-17-8-4-5-9-19(17)21/h4-5,8-9,18H,2-3,6-7,10-16H2,1H3. The van der Waals surface area contributed by atoms with Crippen LogP contribution in [0.2, 0.25) is 5.02 Å². The van der Waals surface area contributed by atoms with Crippen LogP contribution < -0.4 is 0 Å². The molecule has 6 nitrogen and oxygen atoms in total. The molecular formula is C20H30ClN3O3S. The second-order valence-electron chi connectivity index (χ2n) is 7.63. The number of piperidine rings is 1. The van der Waals surface area contributed by atoms with Gasteiger partial charge in [0.15, 0.2) is 0 Å². The Morgan fingerprint density at radius 2 is 1.86 bits per heavy atom. The van der Waals surface area contributed by atoms with Gasteiger partial charge < -0.3 is 9.80 Å². The maximum atomic E-state index is 12.6. The van der Waals surface area contributed by atoms with Gasteiger partial charge in [-0.3, -0.25) is 4.79 Å². The molecule has 0 unspecified atom stereocenters. The Morgan fingerprint density at radius 3 is 2.50 bits per heavy atom. The lowest BCUT2D eigenvalue weighted by molar-refractivity contribution is -0.136. The highest BCUT2D eigenvalue weighted by Crippen LogP contribution is 2.22. The summed E-state index contributed by atoms with van der Waals surface area (Å²) >= 11 is 6.14. The van der Waals surface area contributed by atoms with Crippen molar-refractivity contribution >= 4 is 27.5 Å². The summed E-state index contributed by atoms with van der Waals surface area (Å²) in [5.74, 6) is 0.0890. The van der Waals surface area contributed by atoms with E-state index < -0.39 is 10.0 Å². The zero-order chi connectivity index (χ0) is 20.1. The molecule has 0 aromatic heterocycles. The summed E-state index contributed by atoms with van der Waals surface area (Å²) < 4.78 is 26.8. The molecule has 156 valence electrons. The molecular weight excluding hydrogens is 398 g/mol. The van der Waals surface area contributed by atoms with Gasteiger partial charge in [-0.25, -0.2) is 8.42 Å². The van der Waals surface area contributed by atoms with Crippen molar-refractivity contribution in [2.24, 2.45) is 0 Å². The fourth-order valence-electron chi connectivity index (χ4n) is 3.90. The predicted octanol–water partition coefficient (Wildman–Crippen LogP) is 2.23. The first-order valence-corrected chi connectivity index (χ1v) is 12.1. The highest BCUT2D eigenvalue weighted by Gasteiger charge is 2.39. The molecule has 1 amide bonds. The molecule has 28 heavy (non-hydrogen) atoms. The first kappa shape index (κ1) is 21.6. The lowest BCUT2D eigenvalue weighted by Gasteiger charge is -2.45. The van der Waals surface area contributed by atoms with E-state index in [0.717, 1.165) is 25.2 Å². The second kappa shape index (κ2) is 9.57. The van der Waals surface area contributed by atoms with E-state index in [9.17, 15) is 13.2 Å². The predicted molar refractivity (Wildman–Crippen MR) is 112 cm³/mol. The maximum absolute atomic E-state index is 12.6. The Kier molecular flexibility index (Phi) is 7.36. The zero-order valence-corrected chi connectivity index (χ0v) is 18.1. The third-order valence-corrected chi connectivity index (χ3v) is 8.02. The van der Waals surface area contributed by atoms with E-state index >= 15 is 0 Å². The summed E-state index contributed by atoms with van der Waals surface area (Å²) in [6.07, 6.45) is 3.89. The summed E-state index contributed by atoms with van der Waals surface area (Å²) in [6.45, 7) is 5.98. The number of nitrogens with zero attached hydrogens (tertiary/aromatic N) is 3. The SMILES string of the molecule is CCS(=O)(=O)N(CCN1CCCCC1)C1CN(C(=O)Cc2ccccc2Cl)C1. The highest BCUT2D eigenvalue weighted by molar-refractivity contribution is 7.89. The molecule has 8 heteroatoms. The Bertz CT molecular complexity index is 775. The van der Waals surface area contributed by atoms with Crippen LogP contribution in [0, 0.1) is 0 Å². The number of carbonyl (C=O) groups excluding carboxylic acids is 1. The lowest BCUT2D eigenvalue weighted by Crippen LogP contribution is -2.63. The van der Waals surface area contributed by atoms with Gasteiger partial charge in [0.25, 0.3) is 0 Å².